The molecule has 1 atom stereocenters. The molecule has 1 aromatic rings. The lowest BCUT2D eigenvalue weighted by Gasteiger charge is -2.35. The van der Waals surface area contributed by atoms with Crippen molar-refractivity contribution in [2.75, 3.05) is 0 Å². The molecule has 4 heteroatoms. The number of carboxylic acid groups (broad SMARTS) is 1. The van der Waals surface area contributed by atoms with Crippen molar-refractivity contribution in [2.45, 2.75) is 52.4 Å². The number of imidazole rings is 1. The molecule has 1 aliphatic carbocycles. The number of aliphatic carboxylic acids is 1. The Bertz CT molecular complexity index is 792. The van der Waals surface area contributed by atoms with Crippen LogP contribution in [-0.2, 0) is 10.2 Å². The van der Waals surface area contributed by atoms with Crippen molar-refractivity contribution in [2.24, 2.45) is 0 Å². The van der Waals surface area contributed by atoms with Crippen LogP contribution < -0.4 is 0 Å². The highest BCUT2D eigenvalue weighted by atomic mass is 16.4. The molecule has 1 aromatic heterocycles. The number of hydrogen-bond acceptors (Lipinski definition) is 2. The number of rotatable bonds is 6. The van der Waals surface area contributed by atoms with Crippen LogP contribution in [0.3, 0.4) is 0 Å². The zero-order valence-corrected chi connectivity index (χ0v) is 16.0. The van der Waals surface area contributed by atoms with Crippen LogP contribution in [-0.4, -0.2) is 21.0 Å². The maximum Gasteiger partial charge on any atom is 0.328 e. The molecule has 0 fully saturated rings. The molecule has 1 aliphatic rings. The number of aromatic nitrogens is 2. The summed E-state index contributed by atoms with van der Waals surface area (Å²) in [6, 6.07) is 0. The first-order valence-corrected chi connectivity index (χ1v) is 8.96. The molecule has 1 heterocycles. The van der Waals surface area contributed by atoms with E-state index in [0.717, 1.165) is 24.1 Å². The van der Waals surface area contributed by atoms with Gasteiger partial charge in [0.15, 0.2) is 0 Å². The Morgan fingerprint density at radius 3 is 2.73 bits per heavy atom. The second-order valence-electron chi connectivity index (χ2n) is 7.17. The van der Waals surface area contributed by atoms with Gasteiger partial charge in [0.25, 0.3) is 0 Å². The zero-order valence-electron chi connectivity index (χ0n) is 16.0. The summed E-state index contributed by atoms with van der Waals surface area (Å²) in [6.07, 6.45) is 18.3. The topological polar surface area (TPSA) is 66.0 Å². The predicted octanol–water partition coefficient (Wildman–Crippen LogP) is 5.26. The summed E-state index contributed by atoms with van der Waals surface area (Å²) < 4.78 is 0. The Labute approximate surface area is 155 Å². The van der Waals surface area contributed by atoms with E-state index in [9.17, 15) is 4.79 Å². The number of nitrogens with one attached hydrogen (secondary N) is 1. The van der Waals surface area contributed by atoms with E-state index >= 15 is 0 Å². The van der Waals surface area contributed by atoms with Gasteiger partial charge in [0, 0.05) is 23.4 Å². The first-order valence-electron chi connectivity index (χ1n) is 8.96. The van der Waals surface area contributed by atoms with E-state index in [2.05, 4.69) is 36.0 Å². The maximum absolute atomic E-state index is 10.6. The van der Waals surface area contributed by atoms with E-state index in [1.54, 1.807) is 19.3 Å². The molecule has 2 rings (SSSR count). The summed E-state index contributed by atoms with van der Waals surface area (Å²) in [5, 5.41) is 8.72. The summed E-state index contributed by atoms with van der Waals surface area (Å²) in [7, 11) is 0. The van der Waals surface area contributed by atoms with Crippen LogP contribution in [0.15, 0.2) is 71.3 Å². The van der Waals surface area contributed by atoms with Crippen molar-refractivity contribution in [3.05, 3.63) is 77.0 Å². The van der Waals surface area contributed by atoms with Crippen LogP contribution in [0.5, 0.6) is 0 Å². The fraction of sp³-hybridized carbons (Fsp3) is 0.364. The third-order valence-corrected chi connectivity index (χ3v) is 4.96. The predicted molar refractivity (Wildman–Crippen MR) is 106 cm³/mol. The summed E-state index contributed by atoms with van der Waals surface area (Å²) in [5.41, 5.74) is 5.73. The van der Waals surface area contributed by atoms with E-state index in [1.807, 2.05) is 25.3 Å². The zero-order chi connectivity index (χ0) is 19.2. The highest BCUT2D eigenvalue weighted by Crippen LogP contribution is 2.42. The standard InChI is InChI=1S/C22H28N2O2/c1-16(7-5-8-17(2)13-21(25)26)10-11-19-18(3)9-6-12-22(19,4)20-14-23-15-24-20/h5,7-8,10-11,13-15H,6,9,12H2,1-4H3,(H,23,24)(H,25,26)/b8-5+,11-10+,16-7+,17-13+/t22-/m1/s1. The highest BCUT2D eigenvalue weighted by molar-refractivity contribution is 5.81. The summed E-state index contributed by atoms with van der Waals surface area (Å²) in [4.78, 5) is 18.1. The number of hydrogen-bond donors (Lipinski definition) is 2. The maximum atomic E-state index is 10.6. The normalized spacial score (nSPS) is 22.6. The Balaban J connectivity index is 2.20. The van der Waals surface area contributed by atoms with Gasteiger partial charge in [0.2, 0.25) is 0 Å². The van der Waals surface area contributed by atoms with Crippen LogP contribution >= 0.6 is 0 Å². The molecule has 2 N–H and O–H groups in total. The Hall–Kier alpha value is -2.62. The van der Waals surface area contributed by atoms with Gasteiger partial charge in [-0.2, -0.15) is 0 Å². The van der Waals surface area contributed by atoms with Crippen molar-refractivity contribution in [3.8, 4) is 0 Å². The van der Waals surface area contributed by atoms with E-state index in [1.165, 1.54) is 23.6 Å². The number of nitrogens with zero attached hydrogens (tertiary/aromatic N) is 1. The van der Waals surface area contributed by atoms with Crippen LogP contribution in [0.1, 0.15) is 52.7 Å². The lowest BCUT2D eigenvalue weighted by atomic mass is 9.69. The van der Waals surface area contributed by atoms with Gasteiger partial charge >= 0.3 is 5.97 Å². The van der Waals surface area contributed by atoms with Crippen molar-refractivity contribution >= 4 is 5.97 Å². The average molecular weight is 352 g/mol. The molecule has 0 unspecified atom stereocenters. The summed E-state index contributed by atoms with van der Waals surface area (Å²) >= 11 is 0. The minimum absolute atomic E-state index is 0.0355. The fourth-order valence-electron chi connectivity index (χ4n) is 3.48. The minimum Gasteiger partial charge on any atom is -0.478 e. The monoisotopic (exact) mass is 352 g/mol. The molecule has 26 heavy (non-hydrogen) atoms. The quantitative estimate of drug-likeness (QED) is 0.542. The Kier molecular flexibility index (Phi) is 6.56. The largest absolute Gasteiger partial charge is 0.478 e. The first-order chi connectivity index (χ1) is 12.3. The highest BCUT2D eigenvalue weighted by Gasteiger charge is 2.34. The number of aromatic amines is 1. The van der Waals surface area contributed by atoms with E-state index in [-0.39, 0.29) is 5.41 Å². The fourth-order valence-corrected chi connectivity index (χ4v) is 3.48. The third kappa shape index (κ3) is 4.94. The molecule has 0 spiro atoms. The minimum atomic E-state index is -0.925. The molecule has 0 saturated heterocycles. The number of H-pyrrole nitrogens is 1. The van der Waals surface area contributed by atoms with E-state index in [4.69, 9.17) is 5.11 Å². The first kappa shape index (κ1) is 19.7. The van der Waals surface area contributed by atoms with Gasteiger partial charge in [-0.25, -0.2) is 9.78 Å². The molecule has 4 nitrogen and oxygen atoms in total. The van der Waals surface area contributed by atoms with E-state index in [0.29, 0.717) is 5.57 Å². The van der Waals surface area contributed by atoms with Crippen LogP contribution in [0.2, 0.25) is 0 Å². The lowest BCUT2D eigenvalue weighted by molar-refractivity contribution is -0.131. The second kappa shape index (κ2) is 8.65. The Morgan fingerprint density at radius 2 is 2.08 bits per heavy atom. The lowest BCUT2D eigenvalue weighted by Crippen LogP contribution is -2.28. The average Bonchev–Trinajstić information content (AvgIpc) is 3.09. The van der Waals surface area contributed by atoms with Gasteiger partial charge in [-0.1, -0.05) is 41.5 Å². The molecule has 0 amide bonds. The molecule has 0 saturated carbocycles. The van der Waals surface area contributed by atoms with Crippen molar-refractivity contribution in [1.82, 2.24) is 9.97 Å². The molecule has 0 aliphatic heterocycles. The van der Waals surface area contributed by atoms with Crippen LogP contribution in [0.25, 0.3) is 0 Å². The molecular weight excluding hydrogens is 324 g/mol. The smallest absolute Gasteiger partial charge is 0.328 e. The SMILES string of the molecule is CC1=C(/C=C/C(C)=C/C=C/C(C)=C/C(=O)O)[C@](C)(c2cnc[nH]2)CCC1. The van der Waals surface area contributed by atoms with Crippen LogP contribution in [0, 0.1) is 0 Å². The third-order valence-electron chi connectivity index (χ3n) is 4.96. The second-order valence-corrected chi connectivity index (χ2v) is 7.17. The van der Waals surface area contributed by atoms with Crippen molar-refractivity contribution in [3.63, 3.8) is 0 Å². The number of allylic oxidation sites excluding steroid dienone is 9. The molecule has 138 valence electrons. The molecule has 0 aromatic carbocycles. The van der Waals surface area contributed by atoms with E-state index < -0.39 is 5.97 Å². The molecule has 0 bridgehead atoms. The number of carboxylic acids is 1. The van der Waals surface area contributed by atoms with Crippen LogP contribution in [0.4, 0.5) is 0 Å². The van der Waals surface area contributed by atoms with Gasteiger partial charge in [0.1, 0.15) is 0 Å². The van der Waals surface area contributed by atoms with Gasteiger partial charge in [-0.05, 0) is 58.1 Å². The number of carbonyl (C=O) groups is 1. The summed E-state index contributed by atoms with van der Waals surface area (Å²) in [5.74, 6) is -0.925. The van der Waals surface area contributed by atoms with Gasteiger partial charge in [0.05, 0.1) is 6.33 Å². The Morgan fingerprint density at radius 1 is 1.31 bits per heavy atom. The van der Waals surface area contributed by atoms with Gasteiger partial charge in [-0.15, -0.1) is 0 Å². The van der Waals surface area contributed by atoms with Gasteiger partial charge < -0.3 is 10.1 Å². The van der Waals surface area contributed by atoms with Gasteiger partial charge in [-0.3, -0.25) is 0 Å². The summed E-state index contributed by atoms with van der Waals surface area (Å²) in [6.45, 7) is 8.31. The van der Waals surface area contributed by atoms with Crippen molar-refractivity contribution in [1.29, 1.82) is 0 Å². The van der Waals surface area contributed by atoms with Crippen molar-refractivity contribution < 1.29 is 9.90 Å². The molecule has 0 radical (unpaired) electrons. The molecular formula is C22H28N2O2.